The number of carbonyl (C=O) groups is 1. The lowest BCUT2D eigenvalue weighted by Crippen LogP contribution is -2.34. The number of hydrogen-bond acceptors (Lipinski definition) is 3. The average Bonchev–Trinajstić information content (AvgIpc) is 2.43. The third-order valence-corrected chi connectivity index (χ3v) is 3.65. The van der Waals surface area contributed by atoms with Crippen molar-refractivity contribution in [2.24, 2.45) is 5.41 Å². The molecule has 21 heavy (non-hydrogen) atoms. The summed E-state index contributed by atoms with van der Waals surface area (Å²) in [4.78, 5) is 13.9. The summed E-state index contributed by atoms with van der Waals surface area (Å²) < 4.78 is 0. The van der Waals surface area contributed by atoms with Gasteiger partial charge in [0.15, 0.2) is 0 Å². The molecule has 0 spiro atoms. The summed E-state index contributed by atoms with van der Waals surface area (Å²) in [6.45, 7) is 4.85. The van der Waals surface area contributed by atoms with Gasteiger partial charge in [-0.05, 0) is 36.0 Å². The fraction of sp³-hybridized carbons (Fsp3) is 0.588. The van der Waals surface area contributed by atoms with E-state index in [1.54, 1.807) is 0 Å². The number of nitrogens with zero attached hydrogens (tertiary/aromatic N) is 1. The van der Waals surface area contributed by atoms with Crippen molar-refractivity contribution in [1.82, 2.24) is 5.32 Å². The van der Waals surface area contributed by atoms with Gasteiger partial charge in [-0.15, -0.1) is 0 Å². The molecule has 1 rings (SSSR count). The lowest BCUT2D eigenvalue weighted by molar-refractivity contribution is -0.121. The largest absolute Gasteiger partial charge is 0.396 e. The summed E-state index contributed by atoms with van der Waals surface area (Å²) >= 11 is 0. The van der Waals surface area contributed by atoms with Gasteiger partial charge in [-0.3, -0.25) is 4.79 Å². The van der Waals surface area contributed by atoms with E-state index >= 15 is 0 Å². The third kappa shape index (κ3) is 6.63. The third-order valence-electron chi connectivity index (χ3n) is 3.65. The Bertz CT molecular complexity index is 439. The van der Waals surface area contributed by atoms with Crippen LogP contribution in [0.5, 0.6) is 0 Å². The Hall–Kier alpha value is -1.55. The molecule has 0 unspecified atom stereocenters. The molecule has 2 N–H and O–H groups in total. The van der Waals surface area contributed by atoms with E-state index in [0.717, 1.165) is 12.1 Å². The summed E-state index contributed by atoms with van der Waals surface area (Å²) in [6, 6.07) is 8.27. The molecule has 0 heterocycles. The van der Waals surface area contributed by atoms with Crippen molar-refractivity contribution < 1.29 is 9.90 Å². The fourth-order valence-corrected chi connectivity index (χ4v) is 2.04. The zero-order chi connectivity index (χ0) is 15.9. The quantitative estimate of drug-likeness (QED) is 0.772. The van der Waals surface area contributed by atoms with E-state index < -0.39 is 0 Å². The molecule has 0 aromatic heterocycles. The number of carbonyl (C=O) groups excluding carboxylic acids is 1. The van der Waals surface area contributed by atoms with Crippen LogP contribution >= 0.6 is 0 Å². The van der Waals surface area contributed by atoms with Crippen LogP contribution < -0.4 is 10.2 Å². The smallest absolute Gasteiger partial charge is 0.220 e. The van der Waals surface area contributed by atoms with Gasteiger partial charge in [0.25, 0.3) is 0 Å². The van der Waals surface area contributed by atoms with Crippen molar-refractivity contribution in [3.05, 3.63) is 29.8 Å². The summed E-state index contributed by atoms with van der Waals surface area (Å²) in [6.07, 6.45) is 1.94. The van der Waals surface area contributed by atoms with Crippen LogP contribution in [0.2, 0.25) is 0 Å². The average molecular weight is 292 g/mol. The maximum absolute atomic E-state index is 11.9. The van der Waals surface area contributed by atoms with E-state index in [1.165, 1.54) is 5.56 Å². The van der Waals surface area contributed by atoms with Gasteiger partial charge in [0.2, 0.25) is 5.91 Å². The van der Waals surface area contributed by atoms with Crippen molar-refractivity contribution in [2.45, 2.75) is 33.1 Å². The predicted molar refractivity (Wildman–Crippen MR) is 87.6 cm³/mol. The minimum Gasteiger partial charge on any atom is -0.396 e. The normalized spacial score (nSPS) is 11.3. The first-order valence-electron chi connectivity index (χ1n) is 7.48. The van der Waals surface area contributed by atoms with Crippen molar-refractivity contribution in [3.63, 3.8) is 0 Å². The molecule has 1 aromatic carbocycles. The minimum atomic E-state index is -0.0578. The van der Waals surface area contributed by atoms with E-state index in [4.69, 9.17) is 5.11 Å². The van der Waals surface area contributed by atoms with Gasteiger partial charge in [-0.25, -0.2) is 0 Å². The van der Waals surface area contributed by atoms with Gasteiger partial charge in [-0.2, -0.15) is 0 Å². The van der Waals surface area contributed by atoms with Gasteiger partial charge in [0, 0.05) is 39.4 Å². The first-order chi connectivity index (χ1) is 9.84. The first kappa shape index (κ1) is 17.5. The monoisotopic (exact) mass is 292 g/mol. The molecule has 0 aliphatic rings. The van der Waals surface area contributed by atoms with Crippen LogP contribution in [0.1, 0.15) is 32.3 Å². The second-order valence-corrected chi connectivity index (χ2v) is 6.48. The molecule has 1 amide bonds. The van der Waals surface area contributed by atoms with E-state index in [2.05, 4.69) is 34.5 Å². The summed E-state index contributed by atoms with van der Waals surface area (Å²) in [5.41, 5.74) is 2.27. The molecule has 1 aromatic rings. The lowest BCUT2D eigenvalue weighted by Gasteiger charge is -2.23. The minimum absolute atomic E-state index is 0.0578. The molecule has 4 heteroatoms. The zero-order valence-electron chi connectivity index (χ0n) is 13.6. The molecule has 0 bridgehead atoms. The summed E-state index contributed by atoms with van der Waals surface area (Å²) in [7, 11) is 4.02. The molecular weight excluding hydrogens is 264 g/mol. The Labute approximate surface area is 128 Å². The molecule has 0 saturated carbocycles. The van der Waals surface area contributed by atoms with Gasteiger partial charge in [-0.1, -0.05) is 26.0 Å². The Kier molecular flexibility index (Phi) is 6.69. The van der Waals surface area contributed by atoms with Crippen LogP contribution in [0.15, 0.2) is 24.3 Å². The summed E-state index contributed by atoms with van der Waals surface area (Å²) in [5.74, 6) is 0.0673. The van der Waals surface area contributed by atoms with Crippen LogP contribution in [-0.2, 0) is 11.2 Å². The number of anilines is 1. The van der Waals surface area contributed by atoms with Crippen LogP contribution in [0, 0.1) is 5.41 Å². The highest BCUT2D eigenvalue weighted by Crippen LogP contribution is 2.18. The molecule has 0 fully saturated rings. The van der Waals surface area contributed by atoms with Crippen LogP contribution in [-0.4, -0.2) is 38.3 Å². The van der Waals surface area contributed by atoms with E-state index in [9.17, 15) is 4.79 Å². The molecule has 4 nitrogen and oxygen atoms in total. The number of nitrogens with one attached hydrogen (secondary N) is 1. The van der Waals surface area contributed by atoms with E-state index in [1.807, 2.05) is 27.9 Å². The van der Waals surface area contributed by atoms with Crippen LogP contribution in [0.3, 0.4) is 0 Å². The Morgan fingerprint density at radius 3 is 2.38 bits per heavy atom. The zero-order valence-corrected chi connectivity index (χ0v) is 13.6. The SMILES string of the molecule is CN(C)c1ccc(CCC(=O)NCC(C)(C)CCO)cc1. The topological polar surface area (TPSA) is 52.6 Å². The first-order valence-corrected chi connectivity index (χ1v) is 7.48. The van der Waals surface area contributed by atoms with Gasteiger partial charge in [0.05, 0.1) is 0 Å². The molecule has 0 atom stereocenters. The highest BCUT2D eigenvalue weighted by Gasteiger charge is 2.17. The second kappa shape index (κ2) is 8.03. The summed E-state index contributed by atoms with van der Waals surface area (Å²) in [5, 5.41) is 11.9. The molecule has 0 aliphatic carbocycles. The highest BCUT2D eigenvalue weighted by molar-refractivity contribution is 5.76. The van der Waals surface area contributed by atoms with Crippen LogP contribution in [0.25, 0.3) is 0 Å². The highest BCUT2D eigenvalue weighted by atomic mass is 16.3. The number of aliphatic hydroxyl groups excluding tert-OH is 1. The fourth-order valence-electron chi connectivity index (χ4n) is 2.04. The maximum Gasteiger partial charge on any atom is 0.220 e. The second-order valence-electron chi connectivity index (χ2n) is 6.48. The van der Waals surface area contributed by atoms with Crippen molar-refractivity contribution in [3.8, 4) is 0 Å². The van der Waals surface area contributed by atoms with Gasteiger partial charge >= 0.3 is 0 Å². The molecule has 0 saturated heterocycles. The van der Waals surface area contributed by atoms with Crippen LogP contribution in [0.4, 0.5) is 5.69 Å². The van der Waals surface area contributed by atoms with Gasteiger partial charge < -0.3 is 15.3 Å². The number of amides is 1. The van der Waals surface area contributed by atoms with Crippen molar-refractivity contribution >= 4 is 11.6 Å². The van der Waals surface area contributed by atoms with E-state index in [0.29, 0.717) is 19.4 Å². The number of aliphatic hydroxyl groups is 1. The van der Waals surface area contributed by atoms with E-state index in [-0.39, 0.29) is 17.9 Å². The Balaban J connectivity index is 2.36. The number of hydrogen-bond donors (Lipinski definition) is 2. The predicted octanol–water partition coefficient (Wildman–Crippen LogP) is 2.21. The van der Waals surface area contributed by atoms with Crippen molar-refractivity contribution in [2.75, 3.05) is 32.1 Å². The Morgan fingerprint density at radius 1 is 1.24 bits per heavy atom. The van der Waals surface area contributed by atoms with Gasteiger partial charge in [0.1, 0.15) is 0 Å². The standard InChI is InChI=1S/C17H28N2O2/c1-17(2,11-12-20)13-18-16(21)10-7-14-5-8-15(9-6-14)19(3)4/h5-6,8-9,20H,7,10-13H2,1-4H3,(H,18,21). The number of rotatable bonds is 8. The molecular formula is C17H28N2O2. The lowest BCUT2D eigenvalue weighted by atomic mass is 9.90. The maximum atomic E-state index is 11.9. The molecule has 118 valence electrons. The Morgan fingerprint density at radius 2 is 1.86 bits per heavy atom. The number of benzene rings is 1. The van der Waals surface area contributed by atoms with Crippen molar-refractivity contribution in [1.29, 1.82) is 0 Å². The number of aryl methyl sites for hydroxylation is 1. The molecule has 0 aliphatic heterocycles. The molecule has 0 radical (unpaired) electrons.